The summed E-state index contributed by atoms with van der Waals surface area (Å²) in [5.41, 5.74) is 0.855. The van der Waals surface area contributed by atoms with Gasteiger partial charge >= 0.3 is 5.97 Å². The number of alkyl halides is 1. The van der Waals surface area contributed by atoms with Gasteiger partial charge in [0.15, 0.2) is 0 Å². The molecule has 0 saturated heterocycles. The molecule has 0 aliphatic heterocycles. The molecule has 0 unspecified atom stereocenters. The summed E-state index contributed by atoms with van der Waals surface area (Å²) in [6, 6.07) is 13.4. The van der Waals surface area contributed by atoms with Gasteiger partial charge in [0.25, 0.3) is 0 Å². The van der Waals surface area contributed by atoms with E-state index in [0.717, 1.165) is 5.56 Å². The van der Waals surface area contributed by atoms with Gasteiger partial charge in [-0.15, -0.1) is 10.2 Å². The number of carbonyl (C=O) groups is 1. The van der Waals surface area contributed by atoms with Gasteiger partial charge in [0.2, 0.25) is 0 Å². The first-order valence-electron chi connectivity index (χ1n) is 11.2. The second kappa shape index (κ2) is 9.06. The van der Waals surface area contributed by atoms with Gasteiger partial charge in [0.05, 0.1) is 23.4 Å². The highest BCUT2D eigenvalue weighted by Gasteiger charge is 2.48. The number of esters is 1. The number of carbonyl (C=O) groups excluding carboxylic acids is 1. The van der Waals surface area contributed by atoms with Crippen LogP contribution in [0.5, 0.6) is 5.75 Å². The van der Waals surface area contributed by atoms with E-state index in [2.05, 4.69) is 20.5 Å². The summed E-state index contributed by atoms with van der Waals surface area (Å²) >= 11 is 0. The van der Waals surface area contributed by atoms with E-state index >= 15 is 0 Å². The fourth-order valence-corrected chi connectivity index (χ4v) is 4.52. The second-order valence-electron chi connectivity index (χ2n) is 9.05. The molecule has 2 heterocycles. The average molecular weight is 466 g/mol. The summed E-state index contributed by atoms with van der Waals surface area (Å²) in [7, 11) is 0. The van der Waals surface area contributed by atoms with Crippen molar-refractivity contribution >= 4 is 11.8 Å². The molecule has 9 heteroatoms. The summed E-state index contributed by atoms with van der Waals surface area (Å²) in [4.78, 5) is 16.3. The third-order valence-electron chi connectivity index (χ3n) is 6.55. The number of aromatic nitrogens is 3. The Morgan fingerprint density at radius 2 is 1.97 bits per heavy atom. The normalized spacial score (nSPS) is 25.7. The summed E-state index contributed by atoms with van der Waals surface area (Å²) < 4.78 is 33.5. The van der Waals surface area contributed by atoms with Crippen LogP contribution < -0.4 is 10.1 Å². The average Bonchev–Trinajstić information content (AvgIpc) is 2.80. The van der Waals surface area contributed by atoms with E-state index in [1.165, 1.54) is 18.3 Å². The summed E-state index contributed by atoms with van der Waals surface area (Å²) in [5, 5.41) is 20.9. The minimum Gasteiger partial charge on any atom is -0.426 e. The van der Waals surface area contributed by atoms with Gasteiger partial charge in [-0.3, -0.25) is 9.78 Å². The number of halogens is 2. The van der Waals surface area contributed by atoms with Crippen LogP contribution in [0.15, 0.2) is 54.7 Å². The zero-order chi connectivity index (χ0) is 23.7. The number of pyridine rings is 1. The molecule has 34 heavy (non-hydrogen) atoms. The second-order valence-corrected chi connectivity index (χ2v) is 9.05. The fraction of sp³-hybridized carbons (Fsp3) is 0.360. The third-order valence-corrected chi connectivity index (χ3v) is 6.55. The molecule has 0 spiro atoms. The van der Waals surface area contributed by atoms with Crippen LogP contribution in [0.1, 0.15) is 31.4 Å². The van der Waals surface area contributed by atoms with Crippen molar-refractivity contribution in [3.05, 3.63) is 66.2 Å². The summed E-state index contributed by atoms with van der Waals surface area (Å²) in [6.45, 7) is 0.288. The first kappa shape index (κ1) is 22.3. The van der Waals surface area contributed by atoms with Gasteiger partial charge in [-0.1, -0.05) is 12.1 Å². The maximum Gasteiger partial charge on any atom is 0.314 e. The van der Waals surface area contributed by atoms with Crippen molar-refractivity contribution in [1.29, 1.82) is 0 Å². The number of hydrogen-bond donors (Lipinski definition) is 2. The first-order chi connectivity index (χ1) is 16.4. The Balaban J connectivity index is 1.24. The molecule has 2 aliphatic rings. The number of aliphatic hydroxyl groups excluding tert-OH is 1. The minimum atomic E-state index is -0.979. The quantitative estimate of drug-likeness (QED) is 0.403. The molecule has 3 aromatic rings. The van der Waals surface area contributed by atoms with Crippen LogP contribution in [0.3, 0.4) is 0 Å². The maximum absolute atomic E-state index is 14.3. The van der Waals surface area contributed by atoms with E-state index in [4.69, 9.17) is 4.74 Å². The molecule has 0 radical (unpaired) electrons. The zero-order valence-corrected chi connectivity index (χ0v) is 18.3. The van der Waals surface area contributed by atoms with Gasteiger partial charge in [-0.2, -0.15) is 0 Å². The topological polar surface area (TPSA) is 97.2 Å². The van der Waals surface area contributed by atoms with E-state index < -0.39 is 23.5 Å². The molecule has 2 N–H and O–H groups in total. The number of anilines is 1. The van der Waals surface area contributed by atoms with Crippen LogP contribution in [-0.2, 0) is 10.2 Å². The van der Waals surface area contributed by atoms with Crippen LogP contribution >= 0.6 is 0 Å². The van der Waals surface area contributed by atoms with Crippen LogP contribution in [0.4, 0.5) is 14.6 Å². The van der Waals surface area contributed by atoms with E-state index in [0.29, 0.717) is 30.1 Å². The highest BCUT2D eigenvalue weighted by Crippen LogP contribution is 2.45. The SMILES string of the molecule is O=C(Oc1cccc(-c2ccc(NCC3(c4ncccc4F)CC(F)C3)nn2)c1)C1CC(O)C1. The Kier molecular flexibility index (Phi) is 5.95. The molecule has 2 aliphatic carbocycles. The minimum absolute atomic E-state index is 0.199. The van der Waals surface area contributed by atoms with Gasteiger partial charge in [-0.05, 0) is 62.1 Å². The van der Waals surface area contributed by atoms with Crippen molar-refractivity contribution in [2.45, 2.75) is 43.4 Å². The molecule has 176 valence electrons. The van der Waals surface area contributed by atoms with E-state index in [1.54, 1.807) is 30.3 Å². The number of benzene rings is 1. The summed E-state index contributed by atoms with van der Waals surface area (Å²) in [5.74, 6) is -0.176. The van der Waals surface area contributed by atoms with Crippen LogP contribution in [0.2, 0.25) is 0 Å². The van der Waals surface area contributed by atoms with Crippen molar-refractivity contribution in [2.24, 2.45) is 5.92 Å². The predicted octanol–water partition coefficient (Wildman–Crippen LogP) is 3.84. The van der Waals surface area contributed by atoms with E-state index in [-0.39, 0.29) is 37.0 Å². The Hall–Kier alpha value is -3.46. The van der Waals surface area contributed by atoms with Crippen LogP contribution in [0.25, 0.3) is 11.3 Å². The number of hydrogen-bond acceptors (Lipinski definition) is 7. The molecule has 2 aromatic heterocycles. The largest absolute Gasteiger partial charge is 0.426 e. The summed E-state index contributed by atoms with van der Waals surface area (Å²) in [6.07, 6.45) is 1.37. The Morgan fingerprint density at radius 3 is 2.65 bits per heavy atom. The Bertz CT molecular complexity index is 1180. The van der Waals surface area contributed by atoms with Crippen LogP contribution in [0, 0.1) is 11.7 Å². The molecule has 2 fully saturated rings. The van der Waals surface area contributed by atoms with Crippen LogP contribution in [-0.4, -0.2) is 45.1 Å². The van der Waals surface area contributed by atoms with Gasteiger partial charge < -0.3 is 15.2 Å². The lowest BCUT2D eigenvalue weighted by molar-refractivity contribution is -0.145. The lowest BCUT2D eigenvalue weighted by atomic mass is 9.65. The van der Waals surface area contributed by atoms with Crippen molar-refractivity contribution in [3.8, 4) is 17.0 Å². The van der Waals surface area contributed by atoms with Gasteiger partial charge in [0.1, 0.15) is 23.6 Å². The highest BCUT2D eigenvalue weighted by atomic mass is 19.1. The lowest BCUT2D eigenvalue weighted by Gasteiger charge is -2.44. The van der Waals surface area contributed by atoms with Crippen molar-refractivity contribution < 1.29 is 23.4 Å². The number of rotatable bonds is 7. The van der Waals surface area contributed by atoms with Gasteiger partial charge in [-0.25, -0.2) is 8.78 Å². The Labute approximate surface area is 195 Å². The number of ether oxygens (including phenoxy) is 1. The molecular formula is C25H24F2N4O3. The molecule has 7 nitrogen and oxygen atoms in total. The third kappa shape index (κ3) is 4.48. The van der Waals surface area contributed by atoms with E-state index in [1.807, 2.05) is 6.07 Å². The standard InChI is InChI=1S/C25H24F2N4O3/c26-17-12-25(13-17,23-20(27)5-2-8-28-23)14-29-22-7-6-21(30-31-22)15-3-1-4-19(11-15)34-24(33)16-9-18(32)10-16/h1-8,11,16-18,32H,9-10,12-14H2,(H,29,31). The molecule has 0 atom stereocenters. The number of nitrogens with zero attached hydrogens (tertiary/aromatic N) is 3. The predicted molar refractivity (Wildman–Crippen MR) is 120 cm³/mol. The van der Waals surface area contributed by atoms with Crippen molar-refractivity contribution in [1.82, 2.24) is 15.2 Å². The Morgan fingerprint density at radius 1 is 1.15 bits per heavy atom. The van der Waals surface area contributed by atoms with Gasteiger partial charge in [0, 0.05) is 23.7 Å². The van der Waals surface area contributed by atoms with E-state index in [9.17, 15) is 18.7 Å². The smallest absolute Gasteiger partial charge is 0.314 e. The molecule has 0 amide bonds. The highest BCUT2D eigenvalue weighted by molar-refractivity contribution is 5.76. The number of aliphatic hydroxyl groups is 1. The lowest BCUT2D eigenvalue weighted by Crippen LogP contribution is -2.49. The maximum atomic E-state index is 14.3. The van der Waals surface area contributed by atoms with Crippen molar-refractivity contribution in [2.75, 3.05) is 11.9 Å². The molecule has 2 saturated carbocycles. The fourth-order valence-electron chi connectivity index (χ4n) is 4.52. The molecule has 1 aromatic carbocycles. The van der Waals surface area contributed by atoms with Crippen molar-refractivity contribution in [3.63, 3.8) is 0 Å². The molecular weight excluding hydrogens is 442 g/mol. The zero-order valence-electron chi connectivity index (χ0n) is 18.3. The number of nitrogens with one attached hydrogen (secondary N) is 1. The monoisotopic (exact) mass is 466 g/mol. The first-order valence-corrected chi connectivity index (χ1v) is 11.2. The molecule has 5 rings (SSSR count). The molecule has 0 bridgehead atoms.